The summed E-state index contributed by atoms with van der Waals surface area (Å²) >= 11 is 12.0. The molecule has 0 radical (unpaired) electrons. The van der Waals surface area contributed by atoms with Crippen molar-refractivity contribution in [1.82, 2.24) is 31.9 Å². The van der Waals surface area contributed by atoms with E-state index < -0.39 is 84.2 Å². The maximum atomic E-state index is 12.8. The molecule has 1 rings (SSSR count). The van der Waals surface area contributed by atoms with Crippen molar-refractivity contribution in [3.8, 4) is 5.75 Å². The second kappa shape index (κ2) is 19.7. The molecule has 19 heteroatoms. The highest BCUT2D eigenvalue weighted by atomic mass is 32.1. The number of aliphatic carboxylic acids is 1. The van der Waals surface area contributed by atoms with Gasteiger partial charge in [-0.15, -0.1) is 0 Å². The Morgan fingerprint density at radius 1 is 0.689 bits per heavy atom. The van der Waals surface area contributed by atoms with Gasteiger partial charge in [0.05, 0.1) is 12.6 Å². The molecule has 0 saturated heterocycles. The van der Waals surface area contributed by atoms with Crippen LogP contribution in [-0.2, 0) is 40.0 Å². The summed E-state index contributed by atoms with van der Waals surface area (Å²) < 4.78 is 0. The number of amides is 6. The molecule has 0 aromatic heterocycles. The van der Waals surface area contributed by atoms with Crippen LogP contribution in [0.15, 0.2) is 24.3 Å². The van der Waals surface area contributed by atoms with E-state index >= 15 is 0 Å². The molecule has 0 unspecified atom stereocenters. The largest absolute Gasteiger partial charge is 0.508 e. The Morgan fingerprint density at radius 2 is 1.18 bits per heavy atom. The zero-order chi connectivity index (χ0) is 34.3. The van der Waals surface area contributed by atoms with Gasteiger partial charge in [0.1, 0.15) is 36.0 Å². The van der Waals surface area contributed by atoms with Crippen molar-refractivity contribution in [1.29, 1.82) is 0 Å². The Morgan fingerprint density at radius 3 is 1.67 bits per heavy atom. The molecule has 0 aliphatic heterocycles. The monoisotopic (exact) mass is 689 g/mol. The third kappa shape index (κ3) is 13.9. The average Bonchev–Trinajstić information content (AvgIpc) is 3.00. The SMILES string of the molecule is C[C@H](NC(=O)CNC(=O)[C@H](C)NC(=O)[C@@H](N)CS)C(=O)N[C@@H](CS)C(=O)N[C@@H](CS)C(=O)N[C@@H](Cc1ccc(O)cc1)C(=O)O. The molecular weight excluding hydrogens is 651 g/mol. The van der Waals surface area contributed by atoms with Gasteiger partial charge in [-0.25, -0.2) is 4.79 Å². The van der Waals surface area contributed by atoms with E-state index in [4.69, 9.17) is 5.73 Å². The van der Waals surface area contributed by atoms with Crippen molar-refractivity contribution < 1.29 is 43.8 Å². The topological polar surface area (TPSA) is 258 Å². The minimum absolute atomic E-state index is 0.0106. The first-order chi connectivity index (χ1) is 21.1. The minimum atomic E-state index is -1.35. The van der Waals surface area contributed by atoms with Gasteiger partial charge in [-0.1, -0.05) is 12.1 Å². The van der Waals surface area contributed by atoms with Crippen LogP contribution in [0, 0.1) is 0 Å². The molecule has 250 valence electrons. The molecule has 0 heterocycles. The number of nitrogens with two attached hydrogens (primary N) is 1. The van der Waals surface area contributed by atoms with Crippen LogP contribution >= 0.6 is 37.9 Å². The molecule has 45 heavy (non-hydrogen) atoms. The molecule has 0 aliphatic rings. The van der Waals surface area contributed by atoms with Crippen LogP contribution in [0.1, 0.15) is 19.4 Å². The highest BCUT2D eigenvalue weighted by Crippen LogP contribution is 2.11. The zero-order valence-corrected chi connectivity index (χ0v) is 27.2. The number of hydrogen-bond donors (Lipinski definition) is 12. The molecule has 6 atom stereocenters. The summed E-state index contributed by atoms with van der Waals surface area (Å²) in [6.07, 6.45) is -0.0993. The Kier molecular flexibility index (Phi) is 17.2. The fourth-order valence-corrected chi connectivity index (χ4v) is 4.12. The molecule has 0 saturated carbocycles. The van der Waals surface area contributed by atoms with Crippen LogP contribution in [-0.4, -0.2) is 112 Å². The van der Waals surface area contributed by atoms with Gasteiger partial charge in [0.15, 0.2) is 0 Å². The number of rotatable bonds is 18. The lowest BCUT2D eigenvalue weighted by Crippen LogP contribution is -2.59. The van der Waals surface area contributed by atoms with E-state index in [1.165, 1.54) is 38.1 Å². The van der Waals surface area contributed by atoms with E-state index in [0.29, 0.717) is 5.56 Å². The van der Waals surface area contributed by atoms with Gasteiger partial charge < -0.3 is 47.8 Å². The maximum absolute atomic E-state index is 12.8. The smallest absolute Gasteiger partial charge is 0.326 e. The van der Waals surface area contributed by atoms with Gasteiger partial charge in [-0.3, -0.25) is 28.8 Å². The van der Waals surface area contributed by atoms with Gasteiger partial charge in [-0.2, -0.15) is 37.9 Å². The van der Waals surface area contributed by atoms with Crippen LogP contribution in [0.25, 0.3) is 0 Å². The highest BCUT2D eigenvalue weighted by molar-refractivity contribution is 7.80. The number of hydrogen-bond acceptors (Lipinski definition) is 12. The van der Waals surface area contributed by atoms with Crippen molar-refractivity contribution in [3.63, 3.8) is 0 Å². The molecule has 16 nitrogen and oxygen atoms in total. The predicted molar refractivity (Wildman–Crippen MR) is 173 cm³/mol. The van der Waals surface area contributed by atoms with Crippen molar-refractivity contribution in [2.45, 2.75) is 56.5 Å². The quantitative estimate of drug-likeness (QED) is 0.0684. The van der Waals surface area contributed by atoms with E-state index in [9.17, 15) is 43.8 Å². The number of thiol groups is 3. The summed E-state index contributed by atoms with van der Waals surface area (Å²) in [5, 5.41) is 33.1. The molecule has 1 aromatic carbocycles. The summed E-state index contributed by atoms with van der Waals surface area (Å²) in [6.45, 7) is 2.20. The maximum Gasteiger partial charge on any atom is 0.326 e. The number of carboxylic acid groups (broad SMARTS) is 1. The molecular formula is C26H39N7O9S3. The van der Waals surface area contributed by atoms with E-state index in [1.807, 2.05) is 0 Å². The number of phenols is 1. The second-order valence-corrected chi connectivity index (χ2v) is 10.9. The first kappa shape index (κ1) is 39.3. The Balaban J connectivity index is 2.66. The van der Waals surface area contributed by atoms with Gasteiger partial charge in [0.2, 0.25) is 35.4 Å². The molecule has 0 fully saturated rings. The van der Waals surface area contributed by atoms with Gasteiger partial charge in [0.25, 0.3) is 0 Å². The third-order valence-electron chi connectivity index (χ3n) is 6.10. The highest BCUT2D eigenvalue weighted by Gasteiger charge is 2.30. The van der Waals surface area contributed by atoms with Gasteiger partial charge in [0, 0.05) is 23.7 Å². The van der Waals surface area contributed by atoms with Crippen molar-refractivity contribution in [2.24, 2.45) is 5.73 Å². The molecule has 1 aromatic rings. The normalized spacial score (nSPS) is 14.7. The van der Waals surface area contributed by atoms with E-state index in [-0.39, 0.29) is 29.4 Å². The van der Waals surface area contributed by atoms with Gasteiger partial charge in [-0.05, 0) is 31.5 Å². The number of carbonyl (C=O) groups excluding carboxylic acids is 6. The zero-order valence-electron chi connectivity index (χ0n) is 24.5. The summed E-state index contributed by atoms with van der Waals surface area (Å²) in [5.41, 5.74) is 6.06. The van der Waals surface area contributed by atoms with Crippen molar-refractivity contribution in [2.75, 3.05) is 23.8 Å². The molecule has 6 amide bonds. The molecule has 0 spiro atoms. The number of phenolic OH excluding ortho intramolecular Hbond substituents is 1. The first-order valence-electron chi connectivity index (χ1n) is 13.5. The number of carbonyl (C=O) groups is 7. The Labute approximate surface area is 276 Å². The van der Waals surface area contributed by atoms with Crippen LogP contribution in [0.4, 0.5) is 0 Å². The van der Waals surface area contributed by atoms with Crippen molar-refractivity contribution in [3.05, 3.63) is 29.8 Å². The summed E-state index contributed by atoms with van der Waals surface area (Å²) in [5.74, 6) is -6.13. The molecule has 0 bridgehead atoms. The third-order valence-corrected chi connectivity index (χ3v) is 7.23. The number of aromatic hydroxyl groups is 1. The van der Waals surface area contributed by atoms with Crippen LogP contribution in [0.5, 0.6) is 5.75 Å². The average molecular weight is 690 g/mol. The van der Waals surface area contributed by atoms with E-state index in [1.54, 1.807) is 0 Å². The number of nitrogens with one attached hydrogen (secondary N) is 6. The van der Waals surface area contributed by atoms with Crippen molar-refractivity contribution >= 4 is 79.3 Å². The molecule has 0 aliphatic carbocycles. The van der Waals surface area contributed by atoms with Crippen LogP contribution in [0.2, 0.25) is 0 Å². The number of carboxylic acids is 1. The fourth-order valence-electron chi connectivity index (χ4n) is 3.44. The lowest BCUT2D eigenvalue weighted by Gasteiger charge is -2.24. The first-order valence-corrected chi connectivity index (χ1v) is 15.4. The van der Waals surface area contributed by atoms with Crippen LogP contribution in [0.3, 0.4) is 0 Å². The Hall–Kier alpha value is -3.68. The van der Waals surface area contributed by atoms with Crippen LogP contribution < -0.4 is 37.6 Å². The lowest BCUT2D eigenvalue weighted by molar-refractivity contribution is -0.142. The van der Waals surface area contributed by atoms with E-state index in [0.717, 1.165) is 0 Å². The summed E-state index contributed by atoms with van der Waals surface area (Å²) in [4.78, 5) is 86.2. The van der Waals surface area contributed by atoms with E-state index in [2.05, 4.69) is 69.8 Å². The summed E-state index contributed by atoms with van der Waals surface area (Å²) in [6, 6.07) is -1.21. The minimum Gasteiger partial charge on any atom is -0.508 e. The Bertz CT molecular complexity index is 1220. The van der Waals surface area contributed by atoms with Gasteiger partial charge >= 0.3 is 5.97 Å². The standard InChI is InChI=1S/C26H39N7O9S3/c1-12(30-23(38)16(27)9-43)21(36)28-8-20(35)29-13(2)22(37)32-18(10-44)25(40)33-19(11-45)24(39)31-17(26(41)42)7-14-3-5-15(34)6-4-14/h3-6,12-13,16-19,34,43-45H,7-11,27H2,1-2H3,(H,28,36)(H,29,35)(H,30,38)(H,31,39)(H,32,37)(H,33,40)(H,41,42)/t12-,13-,16-,17-,18-,19-/m0/s1. The predicted octanol–water partition coefficient (Wildman–Crippen LogP) is -3.28. The fraction of sp³-hybridized carbons (Fsp3) is 0.500. The lowest BCUT2D eigenvalue weighted by atomic mass is 10.1. The number of benzene rings is 1. The summed E-state index contributed by atoms with van der Waals surface area (Å²) in [7, 11) is 0. The molecule has 10 N–H and O–H groups in total. The second-order valence-electron chi connectivity index (χ2n) is 9.78.